The number of hydrogen-bond acceptors (Lipinski definition) is 5. The van der Waals surface area contributed by atoms with Gasteiger partial charge in [-0.15, -0.1) is 0 Å². The molecule has 0 unspecified atom stereocenters. The van der Waals surface area contributed by atoms with Crippen molar-refractivity contribution in [3.8, 4) is 0 Å². The van der Waals surface area contributed by atoms with Crippen LogP contribution in [0.2, 0.25) is 0 Å². The fourth-order valence-corrected chi connectivity index (χ4v) is 2.16. The summed E-state index contributed by atoms with van der Waals surface area (Å²) >= 11 is 0. The number of halogens is 1. The fourth-order valence-electron chi connectivity index (χ4n) is 1.69. The molecular weight excluding hydrogens is 361 g/mol. The molecule has 0 amide bonds. The number of ether oxygens (including phenoxy) is 1. The zero-order chi connectivity index (χ0) is 19.7. The molecule has 6 nitrogen and oxygen atoms in total. The molecule has 0 heterocycles. The molecule has 0 aliphatic carbocycles. The Labute approximate surface area is 152 Å². The molecule has 2 aromatic carbocycles. The van der Waals surface area contributed by atoms with Crippen molar-refractivity contribution in [1.29, 1.82) is 0 Å². The van der Waals surface area contributed by atoms with Crippen LogP contribution < -0.4 is 0 Å². The Morgan fingerprint density at radius 2 is 1.65 bits per heavy atom. The second kappa shape index (κ2) is 9.79. The molecule has 0 spiro atoms. The van der Waals surface area contributed by atoms with Crippen LogP contribution in [-0.4, -0.2) is 50.4 Å². The average molecular weight is 381 g/mol. The first-order valence-electron chi connectivity index (χ1n) is 7.52. The predicted molar refractivity (Wildman–Crippen MR) is 94.0 cm³/mol. The smallest absolute Gasteiger partial charge is 0.323 e. The van der Waals surface area contributed by atoms with Crippen molar-refractivity contribution >= 4 is 22.3 Å². The van der Waals surface area contributed by atoms with Gasteiger partial charge in [-0.3, -0.25) is 4.79 Å². The summed E-state index contributed by atoms with van der Waals surface area (Å²) in [5.41, 5.74) is 1.38. The topological polar surface area (TPSA) is 86.5 Å². The predicted octanol–water partition coefficient (Wildman–Crippen LogP) is 2.22. The van der Waals surface area contributed by atoms with Crippen LogP contribution in [0.1, 0.15) is 15.9 Å². The van der Waals surface area contributed by atoms with Gasteiger partial charge in [-0.1, -0.05) is 17.7 Å². The maximum absolute atomic E-state index is 12.6. The van der Waals surface area contributed by atoms with E-state index in [-0.39, 0.29) is 23.1 Å². The summed E-state index contributed by atoms with van der Waals surface area (Å²) in [7, 11) is -0.682. The van der Waals surface area contributed by atoms with Crippen molar-refractivity contribution in [3.05, 3.63) is 65.5 Å². The van der Waals surface area contributed by atoms with E-state index in [1.165, 1.54) is 42.8 Å². The monoisotopic (exact) mass is 381 g/mol. The minimum Gasteiger partial charge on any atom is -0.744 e. The van der Waals surface area contributed by atoms with Gasteiger partial charge in [-0.2, -0.15) is 0 Å². The van der Waals surface area contributed by atoms with Crippen LogP contribution >= 0.6 is 0 Å². The lowest BCUT2D eigenvalue weighted by Gasteiger charge is -2.05. The number of hydrogen-bond donors (Lipinski definition) is 0. The van der Waals surface area contributed by atoms with E-state index < -0.39 is 10.1 Å². The largest absolute Gasteiger partial charge is 0.744 e. The second-order valence-corrected chi connectivity index (χ2v) is 6.96. The molecule has 0 bridgehead atoms. The molecule has 26 heavy (non-hydrogen) atoms. The Kier molecular flexibility index (Phi) is 8.08. The summed E-state index contributed by atoms with van der Waals surface area (Å²) in [6.07, 6.45) is 1.45. The van der Waals surface area contributed by atoms with E-state index in [0.717, 1.165) is 5.56 Å². The lowest BCUT2D eigenvalue weighted by Crippen LogP contribution is -2.11. The van der Waals surface area contributed by atoms with Gasteiger partial charge in [0.2, 0.25) is 0 Å². The molecule has 0 aliphatic rings. The number of Topliss-reactive ketones (excluding diaryl/α,β-unsaturated/α-hetero) is 1. The van der Waals surface area contributed by atoms with Crippen LogP contribution in [0.4, 0.5) is 4.39 Å². The van der Waals surface area contributed by atoms with E-state index in [1.807, 2.05) is 6.92 Å². The van der Waals surface area contributed by atoms with Crippen molar-refractivity contribution in [2.45, 2.75) is 11.8 Å². The van der Waals surface area contributed by atoms with Crippen LogP contribution in [-0.2, 0) is 14.9 Å². The molecular formula is C18H20FNO5S. The van der Waals surface area contributed by atoms with Gasteiger partial charge in [0.15, 0.2) is 12.4 Å². The van der Waals surface area contributed by atoms with Gasteiger partial charge in [0.25, 0.3) is 0 Å². The lowest BCUT2D eigenvalue weighted by atomic mass is 10.1. The highest BCUT2D eigenvalue weighted by Crippen LogP contribution is 2.08. The molecule has 0 saturated heterocycles. The van der Waals surface area contributed by atoms with Crippen molar-refractivity contribution in [2.75, 3.05) is 20.7 Å². The lowest BCUT2D eigenvalue weighted by molar-refractivity contribution is -0.468. The summed E-state index contributed by atoms with van der Waals surface area (Å²) < 4.78 is 50.4. The van der Waals surface area contributed by atoms with E-state index in [4.69, 9.17) is 4.74 Å². The molecule has 0 saturated carbocycles. The van der Waals surface area contributed by atoms with Crippen LogP contribution in [0.5, 0.6) is 0 Å². The summed E-state index contributed by atoms with van der Waals surface area (Å²) in [5, 5.41) is 0. The van der Waals surface area contributed by atoms with Crippen molar-refractivity contribution in [2.24, 2.45) is 0 Å². The van der Waals surface area contributed by atoms with Crippen molar-refractivity contribution in [1.82, 2.24) is 0 Å². The van der Waals surface area contributed by atoms with Crippen molar-refractivity contribution in [3.63, 3.8) is 0 Å². The Morgan fingerprint density at radius 3 is 2.12 bits per heavy atom. The molecule has 0 radical (unpaired) electrons. The second-order valence-electron chi connectivity index (χ2n) is 5.58. The van der Waals surface area contributed by atoms with Gasteiger partial charge < -0.3 is 9.29 Å². The van der Waals surface area contributed by atoms with Crippen LogP contribution in [0.3, 0.4) is 0 Å². The highest BCUT2D eigenvalue weighted by atomic mass is 32.2. The number of rotatable bonds is 5. The average Bonchev–Trinajstić information content (AvgIpc) is 2.55. The maximum atomic E-state index is 12.6. The minimum absolute atomic E-state index is 0.0379. The first-order chi connectivity index (χ1) is 12.1. The van der Waals surface area contributed by atoms with Crippen LogP contribution in [0, 0.1) is 12.7 Å². The number of aryl methyl sites for hydroxylation is 1. The molecule has 0 atom stereocenters. The quantitative estimate of drug-likeness (QED) is 0.261. The number of nitrogens with zero attached hydrogens (tertiary/aromatic N) is 1. The van der Waals surface area contributed by atoms with E-state index in [0.29, 0.717) is 5.56 Å². The van der Waals surface area contributed by atoms with Crippen LogP contribution in [0.25, 0.3) is 0 Å². The Bertz CT molecular complexity index is 855. The normalized spacial score (nSPS) is 10.3. The molecule has 0 aliphatic heterocycles. The van der Waals surface area contributed by atoms with E-state index in [1.54, 1.807) is 30.8 Å². The minimum atomic E-state index is -4.27. The third kappa shape index (κ3) is 8.00. The summed E-state index contributed by atoms with van der Waals surface area (Å²) in [5.74, 6) is -0.527. The Hall–Kier alpha value is -2.58. The Balaban J connectivity index is 0.000000273. The number of carbonyl (C=O) groups excluding carboxylic acids is 1. The molecule has 0 fully saturated rings. The van der Waals surface area contributed by atoms with Gasteiger partial charge in [-0.25, -0.2) is 17.4 Å². The number of ketones is 1. The summed E-state index contributed by atoms with van der Waals surface area (Å²) in [4.78, 5) is 11.3. The molecule has 0 aromatic heterocycles. The van der Waals surface area contributed by atoms with Crippen LogP contribution in [0.15, 0.2) is 53.4 Å². The van der Waals surface area contributed by atoms with Crippen molar-refractivity contribution < 1.29 is 31.5 Å². The standard InChI is InChI=1S/C11H13FNO2.C7H8O3S/c1-13(2)8-15-7-11(14)9-3-5-10(12)6-4-9;1-6-2-4-7(5-3-6)11(8,9)10/h3-6,8H,7H2,1-2H3;2-5H,1H3,(H,8,9,10)/q+1;/p-1. The van der Waals surface area contributed by atoms with Gasteiger partial charge >= 0.3 is 6.40 Å². The molecule has 140 valence electrons. The highest BCUT2D eigenvalue weighted by Gasteiger charge is 2.06. The third-order valence-electron chi connectivity index (χ3n) is 2.98. The zero-order valence-electron chi connectivity index (χ0n) is 14.7. The number of benzene rings is 2. The fraction of sp³-hybridized carbons (Fsp3) is 0.222. The first kappa shape index (κ1) is 21.5. The van der Waals surface area contributed by atoms with Gasteiger partial charge in [0.05, 0.1) is 4.90 Å². The molecule has 0 N–H and O–H groups in total. The molecule has 2 aromatic rings. The first-order valence-corrected chi connectivity index (χ1v) is 8.93. The Morgan fingerprint density at radius 1 is 1.12 bits per heavy atom. The molecule has 2 rings (SSSR count). The van der Waals surface area contributed by atoms with Gasteiger partial charge in [-0.05, 0) is 43.3 Å². The summed E-state index contributed by atoms with van der Waals surface area (Å²) in [6.45, 7) is 1.78. The van der Waals surface area contributed by atoms with E-state index >= 15 is 0 Å². The number of carbonyl (C=O) groups is 1. The molecule has 8 heteroatoms. The van der Waals surface area contributed by atoms with Gasteiger partial charge in [0, 0.05) is 5.56 Å². The van der Waals surface area contributed by atoms with E-state index in [9.17, 15) is 22.2 Å². The summed E-state index contributed by atoms with van der Waals surface area (Å²) in [6, 6.07) is 11.2. The maximum Gasteiger partial charge on any atom is 0.323 e. The zero-order valence-corrected chi connectivity index (χ0v) is 15.5. The third-order valence-corrected chi connectivity index (χ3v) is 3.83. The van der Waals surface area contributed by atoms with E-state index in [2.05, 4.69) is 0 Å². The highest BCUT2D eigenvalue weighted by molar-refractivity contribution is 7.85. The SMILES string of the molecule is C[N+](C)=COCC(=O)c1ccc(F)cc1.Cc1ccc(S(=O)(=O)[O-])cc1. The van der Waals surface area contributed by atoms with Gasteiger partial charge in [0.1, 0.15) is 30.0 Å².